The molecule has 1 saturated carbocycles. The highest BCUT2D eigenvalue weighted by atomic mass is 16.2. The van der Waals surface area contributed by atoms with Crippen molar-refractivity contribution in [2.45, 2.75) is 59.7 Å². The summed E-state index contributed by atoms with van der Waals surface area (Å²) < 4.78 is 0. The zero-order valence-corrected chi connectivity index (χ0v) is 21.5. The average molecular weight is 492 g/mol. The zero-order chi connectivity index (χ0) is 26.4. The largest absolute Gasteiger partial charge is 0.344 e. The van der Waals surface area contributed by atoms with Crippen LogP contribution in [-0.2, 0) is 14.4 Å². The summed E-state index contributed by atoms with van der Waals surface area (Å²) in [6.45, 7) is 11.7. The first-order valence-electron chi connectivity index (χ1n) is 12.1. The van der Waals surface area contributed by atoms with Gasteiger partial charge in [0.25, 0.3) is 0 Å². The van der Waals surface area contributed by atoms with Crippen molar-refractivity contribution < 1.29 is 14.4 Å². The number of carbonyl (C=O) groups excluding carboxylic acids is 3. The number of rotatable bonds is 6. The lowest BCUT2D eigenvalue weighted by atomic mass is 9.85. The Kier molecular flexibility index (Phi) is 6.37. The number of amides is 3. The van der Waals surface area contributed by atoms with Crippen LogP contribution in [0.5, 0.6) is 0 Å². The van der Waals surface area contributed by atoms with Crippen LogP contribution < -0.4 is 10.6 Å². The minimum atomic E-state index is -0.945. The molecule has 0 aromatic carbocycles. The molecule has 3 N–H and O–H groups in total. The van der Waals surface area contributed by atoms with Crippen molar-refractivity contribution in [3.8, 4) is 17.3 Å². The first-order valence-corrected chi connectivity index (χ1v) is 12.1. The molecule has 1 aliphatic carbocycles. The lowest BCUT2D eigenvalue weighted by molar-refractivity contribution is -0.145. The molecule has 1 aliphatic heterocycles. The van der Waals surface area contributed by atoms with Gasteiger partial charge in [-0.05, 0) is 34.8 Å². The summed E-state index contributed by atoms with van der Waals surface area (Å²) in [6, 6.07) is 3.28. The van der Waals surface area contributed by atoms with Gasteiger partial charge in [-0.1, -0.05) is 34.6 Å². The van der Waals surface area contributed by atoms with Crippen molar-refractivity contribution in [3.05, 3.63) is 36.3 Å². The number of nitriles is 1. The predicted molar refractivity (Wildman–Crippen MR) is 132 cm³/mol. The van der Waals surface area contributed by atoms with E-state index < -0.39 is 23.5 Å². The van der Waals surface area contributed by atoms with E-state index in [0.29, 0.717) is 12.1 Å². The monoisotopic (exact) mass is 491 g/mol. The molecule has 10 nitrogen and oxygen atoms in total. The number of fused-ring (bicyclic) bond motifs is 1. The topological polar surface area (TPSA) is 144 Å². The van der Waals surface area contributed by atoms with E-state index >= 15 is 0 Å². The predicted octanol–water partition coefficient (Wildman–Crippen LogP) is 2.19. The molecule has 1 saturated heterocycles. The maximum absolute atomic E-state index is 13.7. The number of H-pyrrole nitrogens is 1. The van der Waals surface area contributed by atoms with E-state index in [4.69, 9.17) is 0 Å². The number of nitrogens with one attached hydrogen (secondary N) is 3. The third-order valence-corrected chi connectivity index (χ3v) is 7.54. The molecule has 5 atom stereocenters. The first kappa shape index (κ1) is 25.4. The van der Waals surface area contributed by atoms with E-state index in [9.17, 15) is 19.6 Å². The Bertz CT molecular complexity index is 1210. The second-order valence-corrected chi connectivity index (χ2v) is 11.4. The molecule has 10 heteroatoms. The highest BCUT2D eigenvalue weighted by molar-refractivity contribution is 5.94. The highest BCUT2D eigenvalue weighted by Gasteiger charge is 2.69. The molecule has 0 radical (unpaired) electrons. The van der Waals surface area contributed by atoms with E-state index in [1.165, 1.54) is 6.92 Å². The Labute approximate surface area is 210 Å². The zero-order valence-electron chi connectivity index (χ0n) is 21.5. The number of pyridine rings is 1. The lowest BCUT2D eigenvalue weighted by Crippen LogP contribution is -2.59. The number of carbonyl (C=O) groups is 3. The smallest absolute Gasteiger partial charge is 0.246 e. The van der Waals surface area contributed by atoms with Crippen molar-refractivity contribution in [3.63, 3.8) is 0 Å². The summed E-state index contributed by atoms with van der Waals surface area (Å²) in [4.78, 5) is 45.0. The Hall–Kier alpha value is -3.74. The normalized spacial score (nSPS) is 23.7. The molecule has 2 aromatic heterocycles. The van der Waals surface area contributed by atoms with Crippen molar-refractivity contribution in [1.82, 2.24) is 30.7 Å². The van der Waals surface area contributed by atoms with Gasteiger partial charge in [0.05, 0.1) is 11.8 Å². The average Bonchev–Trinajstić information content (AvgIpc) is 3.27. The van der Waals surface area contributed by atoms with Crippen molar-refractivity contribution >= 4 is 17.7 Å². The van der Waals surface area contributed by atoms with Gasteiger partial charge < -0.3 is 15.5 Å². The quantitative estimate of drug-likeness (QED) is 0.565. The second kappa shape index (κ2) is 9.04. The minimum Gasteiger partial charge on any atom is -0.344 e. The van der Waals surface area contributed by atoms with Crippen LogP contribution >= 0.6 is 0 Å². The number of piperidine rings is 1. The van der Waals surface area contributed by atoms with Crippen LogP contribution in [0.4, 0.5) is 0 Å². The van der Waals surface area contributed by atoms with Gasteiger partial charge in [-0.2, -0.15) is 10.4 Å². The van der Waals surface area contributed by atoms with Crippen LogP contribution in [0.1, 0.15) is 53.1 Å². The Morgan fingerprint density at radius 2 is 1.97 bits per heavy atom. The van der Waals surface area contributed by atoms with Gasteiger partial charge >= 0.3 is 0 Å². The summed E-state index contributed by atoms with van der Waals surface area (Å²) in [7, 11) is 0. The van der Waals surface area contributed by atoms with Crippen molar-refractivity contribution in [2.24, 2.45) is 22.7 Å². The summed E-state index contributed by atoms with van der Waals surface area (Å²) in [5.41, 5.74) is 1.39. The molecule has 4 rings (SSSR count). The molecular weight excluding hydrogens is 458 g/mol. The van der Waals surface area contributed by atoms with Crippen LogP contribution in [0, 0.1) is 34.0 Å². The van der Waals surface area contributed by atoms with Crippen LogP contribution in [-0.4, -0.2) is 56.4 Å². The molecule has 190 valence electrons. The first-order chi connectivity index (χ1) is 16.9. The number of nitrogens with zero attached hydrogens (tertiary/aromatic N) is 4. The third kappa shape index (κ3) is 4.57. The van der Waals surface area contributed by atoms with Crippen LogP contribution in [0.25, 0.3) is 11.3 Å². The van der Waals surface area contributed by atoms with Crippen LogP contribution in [0.3, 0.4) is 0 Å². The summed E-state index contributed by atoms with van der Waals surface area (Å²) in [5.74, 6) is -0.801. The van der Waals surface area contributed by atoms with Gasteiger partial charge in [-0.3, -0.25) is 24.5 Å². The lowest BCUT2D eigenvalue weighted by Gasteiger charge is -2.37. The second-order valence-electron chi connectivity index (χ2n) is 11.4. The molecule has 2 aromatic rings. The maximum atomic E-state index is 13.7. The molecule has 2 fully saturated rings. The SMILES string of the molecule is CC(=O)N[C@H](C(=O)N1C[C@H]2[C@@H]([C@H]1C(=O)NC(C#N)c1cncc(-c3ccn[nH]3)c1)C2(C)C)C(C)(C)C. The van der Waals surface area contributed by atoms with Crippen LogP contribution in [0.2, 0.25) is 0 Å². The van der Waals surface area contributed by atoms with Gasteiger partial charge in [-0.25, -0.2) is 0 Å². The molecule has 0 bridgehead atoms. The number of aromatic amines is 1. The highest BCUT2D eigenvalue weighted by Crippen LogP contribution is 2.65. The third-order valence-electron chi connectivity index (χ3n) is 7.54. The fourth-order valence-corrected chi connectivity index (χ4v) is 5.43. The number of aromatic nitrogens is 3. The summed E-state index contributed by atoms with van der Waals surface area (Å²) in [6.07, 6.45) is 4.81. The van der Waals surface area contributed by atoms with Gasteiger partial charge in [-0.15, -0.1) is 0 Å². The van der Waals surface area contributed by atoms with E-state index in [1.54, 1.807) is 35.6 Å². The van der Waals surface area contributed by atoms with E-state index in [-0.39, 0.29) is 35.0 Å². The number of hydrogen-bond donors (Lipinski definition) is 3. The molecule has 1 unspecified atom stereocenters. The van der Waals surface area contributed by atoms with Crippen LogP contribution in [0.15, 0.2) is 30.7 Å². The molecule has 2 aliphatic rings. The standard InChI is InChI=1S/C26H33N7O3/c1-14(34)30-22(25(2,3)4)24(36)33-13-17-20(26(17,5)6)21(33)23(35)31-19(10-27)16-9-15(11-28-12-16)18-7-8-29-32-18/h7-9,11-12,17,19-22H,13H2,1-6H3,(H,29,32)(H,30,34)(H,31,35)/t17-,19?,20-,21-,22+/m0/s1. The van der Waals surface area contributed by atoms with Gasteiger partial charge in [0.1, 0.15) is 18.1 Å². The molecule has 3 heterocycles. The van der Waals surface area contributed by atoms with Crippen molar-refractivity contribution in [2.75, 3.05) is 6.54 Å². The molecule has 0 spiro atoms. The van der Waals surface area contributed by atoms with Gasteiger partial charge in [0, 0.05) is 43.2 Å². The molecule has 3 amide bonds. The van der Waals surface area contributed by atoms with Gasteiger partial charge in [0.15, 0.2) is 0 Å². The summed E-state index contributed by atoms with van der Waals surface area (Å²) >= 11 is 0. The Morgan fingerprint density at radius 3 is 2.56 bits per heavy atom. The molecule has 36 heavy (non-hydrogen) atoms. The number of hydrogen-bond acceptors (Lipinski definition) is 6. The number of likely N-dealkylation sites (tertiary alicyclic amines) is 1. The van der Waals surface area contributed by atoms with Gasteiger partial charge in [0.2, 0.25) is 17.7 Å². The summed E-state index contributed by atoms with van der Waals surface area (Å²) in [5, 5.41) is 22.3. The van der Waals surface area contributed by atoms with E-state index in [1.807, 2.05) is 20.8 Å². The fourth-order valence-electron chi connectivity index (χ4n) is 5.43. The maximum Gasteiger partial charge on any atom is 0.246 e. The molecular formula is C26H33N7O3. The van der Waals surface area contributed by atoms with E-state index in [2.05, 4.69) is 45.7 Å². The Balaban J connectivity index is 1.59. The van der Waals surface area contributed by atoms with Crippen molar-refractivity contribution in [1.29, 1.82) is 5.26 Å². The van der Waals surface area contributed by atoms with E-state index in [0.717, 1.165) is 11.3 Å². The Morgan fingerprint density at radius 1 is 1.25 bits per heavy atom. The fraction of sp³-hybridized carbons (Fsp3) is 0.538. The minimum absolute atomic E-state index is 0.0202.